The number of methoxy groups -OCH3 is 1. The van der Waals surface area contributed by atoms with Crippen molar-refractivity contribution in [2.45, 2.75) is 13.3 Å². The Bertz CT molecular complexity index is 785. The Morgan fingerprint density at radius 2 is 1.85 bits per heavy atom. The van der Waals surface area contributed by atoms with Gasteiger partial charge in [0.15, 0.2) is 29.0 Å². The molecule has 0 saturated heterocycles. The van der Waals surface area contributed by atoms with Crippen molar-refractivity contribution in [3.8, 4) is 11.5 Å². The zero-order chi connectivity index (χ0) is 19.1. The minimum atomic E-state index is -1.63. The molecule has 2 N–H and O–H groups in total. The van der Waals surface area contributed by atoms with E-state index in [2.05, 4.69) is 10.6 Å². The van der Waals surface area contributed by atoms with Crippen LogP contribution in [0, 0.1) is 17.5 Å². The molecule has 0 aliphatic rings. The molecular weight excluding hydrogens is 349 g/mol. The maximum atomic E-state index is 13.5. The average Bonchev–Trinajstić information content (AvgIpc) is 2.63. The summed E-state index contributed by atoms with van der Waals surface area (Å²) in [6, 6.07) is 6.36. The zero-order valence-corrected chi connectivity index (χ0v) is 14.4. The first kappa shape index (κ1) is 19.4. The topological polar surface area (TPSA) is 59.6 Å². The molecule has 0 aromatic heterocycles. The van der Waals surface area contributed by atoms with Crippen LogP contribution in [0.15, 0.2) is 30.3 Å². The Labute approximate surface area is 149 Å². The normalized spacial score (nSPS) is 10.3. The lowest BCUT2D eigenvalue weighted by molar-refractivity contribution is 0.252. The lowest BCUT2D eigenvalue weighted by Gasteiger charge is -2.12. The number of nitrogens with one attached hydrogen (secondary N) is 2. The van der Waals surface area contributed by atoms with Gasteiger partial charge in [-0.05, 0) is 43.2 Å². The van der Waals surface area contributed by atoms with Crippen molar-refractivity contribution in [3.63, 3.8) is 0 Å². The van der Waals surface area contributed by atoms with E-state index < -0.39 is 29.2 Å². The molecule has 2 aromatic rings. The Balaban J connectivity index is 1.89. The average molecular weight is 368 g/mol. The molecule has 2 rings (SSSR count). The van der Waals surface area contributed by atoms with Crippen LogP contribution in [-0.4, -0.2) is 26.3 Å². The fraction of sp³-hybridized carbons (Fsp3) is 0.278. The van der Waals surface area contributed by atoms with Crippen molar-refractivity contribution in [3.05, 3.63) is 53.3 Å². The first-order valence-electron chi connectivity index (χ1n) is 7.94. The molecule has 26 heavy (non-hydrogen) atoms. The van der Waals surface area contributed by atoms with Gasteiger partial charge in [-0.3, -0.25) is 0 Å². The van der Waals surface area contributed by atoms with Gasteiger partial charge in [0.2, 0.25) is 0 Å². The molecule has 0 aliphatic heterocycles. The van der Waals surface area contributed by atoms with Gasteiger partial charge in [-0.2, -0.15) is 0 Å². The van der Waals surface area contributed by atoms with Crippen LogP contribution < -0.4 is 20.1 Å². The second-order valence-corrected chi connectivity index (χ2v) is 5.27. The standard InChI is InChI=1S/C18H19F3N2O3/c1-3-26-14-7-4-11(10-15(14)25-2)8-9-22-18(24)23-13-6-5-12(19)16(20)17(13)21/h4-7,10H,3,8-9H2,1-2H3,(H2,22,23,24). The van der Waals surface area contributed by atoms with Crippen LogP contribution in [0.3, 0.4) is 0 Å². The number of urea groups is 1. The van der Waals surface area contributed by atoms with Crippen LogP contribution in [0.4, 0.5) is 23.7 Å². The third-order valence-corrected chi connectivity index (χ3v) is 3.51. The third kappa shape index (κ3) is 4.81. The van der Waals surface area contributed by atoms with E-state index in [9.17, 15) is 18.0 Å². The van der Waals surface area contributed by atoms with Gasteiger partial charge in [0, 0.05) is 6.54 Å². The van der Waals surface area contributed by atoms with Gasteiger partial charge in [0.1, 0.15) is 0 Å². The maximum Gasteiger partial charge on any atom is 0.319 e. The monoisotopic (exact) mass is 368 g/mol. The van der Waals surface area contributed by atoms with Crippen molar-refractivity contribution in [2.75, 3.05) is 25.6 Å². The van der Waals surface area contributed by atoms with Crippen LogP contribution in [0.5, 0.6) is 11.5 Å². The fourth-order valence-corrected chi connectivity index (χ4v) is 2.25. The van der Waals surface area contributed by atoms with E-state index in [0.717, 1.165) is 17.7 Å². The first-order chi connectivity index (χ1) is 12.5. The van der Waals surface area contributed by atoms with Gasteiger partial charge in [0.25, 0.3) is 0 Å². The molecule has 0 unspecified atom stereocenters. The summed E-state index contributed by atoms with van der Waals surface area (Å²) in [6.45, 7) is 2.62. The van der Waals surface area contributed by atoms with Crippen molar-refractivity contribution >= 4 is 11.7 Å². The molecule has 8 heteroatoms. The summed E-state index contributed by atoms with van der Waals surface area (Å²) >= 11 is 0. The molecule has 0 aliphatic carbocycles. The number of amides is 2. The van der Waals surface area contributed by atoms with Crippen LogP contribution in [0.25, 0.3) is 0 Å². The van der Waals surface area contributed by atoms with E-state index in [1.165, 1.54) is 7.11 Å². The number of ether oxygens (including phenoxy) is 2. The molecule has 0 atom stereocenters. The number of anilines is 1. The Kier molecular flexibility index (Phi) is 6.71. The predicted octanol–water partition coefficient (Wildman–Crippen LogP) is 3.88. The summed E-state index contributed by atoms with van der Waals surface area (Å²) < 4.78 is 50.2. The minimum absolute atomic E-state index is 0.244. The van der Waals surface area contributed by atoms with Gasteiger partial charge in [-0.25, -0.2) is 18.0 Å². The lowest BCUT2D eigenvalue weighted by atomic mass is 10.1. The van der Waals surface area contributed by atoms with Gasteiger partial charge in [-0.1, -0.05) is 6.07 Å². The van der Waals surface area contributed by atoms with Gasteiger partial charge < -0.3 is 20.1 Å². The van der Waals surface area contributed by atoms with E-state index in [4.69, 9.17) is 9.47 Å². The van der Waals surface area contributed by atoms with E-state index in [1.54, 1.807) is 12.1 Å². The van der Waals surface area contributed by atoms with Crippen molar-refractivity contribution < 1.29 is 27.4 Å². The Morgan fingerprint density at radius 3 is 2.54 bits per heavy atom. The predicted molar refractivity (Wildman–Crippen MR) is 91.2 cm³/mol. The largest absolute Gasteiger partial charge is 0.493 e. The number of carbonyl (C=O) groups excluding carboxylic acids is 1. The second-order valence-electron chi connectivity index (χ2n) is 5.27. The number of hydrogen-bond acceptors (Lipinski definition) is 3. The van der Waals surface area contributed by atoms with Gasteiger partial charge >= 0.3 is 6.03 Å². The van der Waals surface area contributed by atoms with E-state index in [0.29, 0.717) is 24.5 Å². The highest BCUT2D eigenvalue weighted by atomic mass is 19.2. The first-order valence-corrected chi connectivity index (χ1v) is 7.94. The number of rotatable bonds is 7. The fourth-order valence-electron chi connectivity index (χ4n) is 2.25. The van der Waals surface area contributed by atoms with E-state index in [1.807, 2.05) is 13.0 Å². The van der Waals surface area contributed by atoms with Crippen LogP contribution in [-0.2, 0) is 6.42 Å². The van der Waals surface area contributed by atoms with Crippen LogP contribution in [0.1, 0.15) is 12.5 Å². The zero-order valence-electron chi connectivity index (χ0n) is 14.4. The van der Waals surface area contributed by atoms with Gasteiger partial charge in [0.05, 0.1) is 19.4 Å². The lowest BCUT2D eigenvalue weighted by Crippen LogP contribution is -2.30. The summed E-state index contributed by atoms with van der Waals surface area (Å²) in [5, 5.41) is 4.65. The number of carbonyl (C=O) groups is 1. The molecule has 140 valence electrons. The number of halogens is 3. The maximum absolute atomic E-state index is 13.5. The SMILES string of the molecule is CCOc1ccc(CCNC(=O)Nc2ccc(F)c(F)c2F)cc1OC. The number of hydrogen-bond donors (Lipinski definition) is 2. The summed E-state index contributed by atoms with van der Waals surface area (Å²) in [6.07, 6.45) is 0.483. The molecule has 0 bridgehead atoms. The van der Waals surface area contributed by atoms with E-state index >= 15 is 0 Å². The van der Waals surface area contributed by atoms with Crippen LogP contribution >= 0.6 is 0 Å². The van der Waals surface area contributed by atoms with Crippen molar-refractivity contribution in [1.82, 2.24) is 5.32 Å². The highest BCUT2D eigenvalue weighted by Crippen LogP contribution is 2.28. The van der Waals surface area contributed by atoms with Gasteiger partial charge in [-0.15, -0.1) is 0 Å². The quantitative estimate of drug-likeness (QED) is 0.730. The summed E-state index contributed by atoms with van der Waals surface area (Å²) in [5.74, 6) is -3.20. The molecule has 0 fully saturated rings. The summed E-state index contributed by atoms with van der Waals surface area (Å²) in [4.78, 5) is 11.8. The molecular formula is C18H19F3N2O3. The Morgan fingerprint density at radius 1 is 1.08 bits per heavy atom. The second kappa shape index (κ2) is 8.98. The smallest absolute Gasteiger partial charge is 0.319 e. The van der Waals surface area contributed by atoms with E-state index in [-0.39, 0.29) is 6.54 Å². The highest BCUT2D eigenvalue weighted by Gasteiger charge is 2.15. The molecule has 0 saturated carbocycles. The summed E-state index contributed by atoms with van der Waals surface area (Å²) in [7, 11) is 1.53. The van der Waals surface area contributed by atoms with Crippen molar-refractivity contribution in [2.24, 2.45) is 0 Å². The highest BCUT2D eigenvalue weighted by molar-refractivity contribution is 5.89. The minimum Gasteiger partial charge on any atom is -0.493 e. The summed E-state index contributed by atoms with van der Waals surface area (Å²) in [5.41, 5.74) is 0.453. The molecule has 2 aromatic carbocycles. The molecule has 5 nitrogen and oxygen atoms in total. The third-order valence-electron chi connectivity index (χ3n) is 3.51. The van der Waals surface area contributed by atoms with Crippen molar-refractivity contribution in [1.29, 1.82) is 0 Å². The molecule has 0 radical (unpaired) electrons. The molecule has 0 spiro atoms. The Hall–Kier alpha value is -2.90. The number of benzene rings is 2. The molecule has 0 heterocycles. The van der Waals surface area contributed by atoms with Crippen LogP contribution in [0.2, 0.25) is 0 Å². The molecule has 2 amide bonds.